The van der Waals surface area contributed by atoms with Crippen molar-refractivity contribution in [2.75, 3.05) is 13.2 Å². The summed E-state index contributed by atoms with van der Waals surface area (Å²) in [6.45, 7) is 2.35. The van der Waals surface area contributed by atoms with E-state index in [1.165, 1.54) is 6.07 Å². The lowest BCUT2D eigenvalue weighted by Crippen LogP contribution is -2.36. The predicted octanol–water partition coefficient (Wildman–Crippen LogP) is 1.81. The molecule has 1 unspecified atom stereocenters. The number of hydrogen-bond donors (Lipinski definition) is 2. The monoisotopic (exact) mass is 211 g/mol. The molecule has 0 aliphatic carbocycles. The molecule has 1 aromatic carbocycles. The summed E-state index contributed by atoms with van der Waals surface area (Å²) in [4.78, 5) is 0. The second-order valence-electron chi connectivity index (χ2n) is 3.79. The average Bonchev–Trinajstić information content (AvgIpc) is 2.27. The number of nitrogens with two attached hydrogens (primary N) is 1. The number of aliphatic hydroxyl groups is 1. The Morgan fingerprint density at radius 2 is 2.07 bits per heavy atom. The molecule has 0 aliphatic rings. The Hall–Kier alpha value is -0.930. The Bertz CT molecular complexity index is 310. The zero-order chi connectivity index (χ0) is 11.3. The van der Waals surface area contributed by atoms with Gasteiger partial charge in [-0.25, -0.2) is 4.39 Å². The van der Waals surface area contributed by atoms with Gasteiger partial charge in [0.2, 0.25) is 0 Å². The summed E-state index contributed by atoms with van der Waals surface area (Å²) in [6.07, 6.45) is 1.23. The standard InChI is InChI=1S/C12H18FNO/c1-2-12(9-14,7-8-15)10-5-3-4-6-11(10)13/h3-6,15H,2,7-9,14H2,1H3. The summed E-state index contributed by atoms with van der Waals surface area (Å²) in [7, 11) is 0. The Balaban J connectivity index is 3.13. The van der Waals surface area contributed by atoms with Crippen molar-refractivity contribution >= 4 is 0 Å². The number of benzene rings is 1. The number of halogens is 1. The number of aliphatic hydroxyl groups excluding tert-OH is 1. The van der Waals surface area contributed by atoms with Crippen molar-refractivity contribution in [3.63, 3.8) is 0 Å². The third kappa shape index (κ3) is 2.36. The molecule has 0 heterocycles. The van der Waals surface area contributed by atoms with Crippen LogP contribution in [0.1, 0.15) is 25.3 Å². The molecule has 0 amide bonds. The van der Waals surface area contributed by atoms with E-state index in [1.807, 2.05) is 6.92 Å². The molecule has 0 saturated heterocycles. The molecule has 0 saturated carbocycles. The van der Waals surface area contributed by atoms with Crippen molar-refractivity contribution in [3.8, 4) is 0 Å². The summed E-state index contributed by atoms with van der Waals surface area (Å²) in [5, 5.41) is 9.04. The van der Waals surface area contributed by atoms with Gasteiger partial charge in [0.15, 0.2) is 0 Å². The van der Waals surface area contributed by atoms with E-state index in [0.717, 1.165) is 6.42 Å². The molecule has 0 aromatic heterocycles. The van der Waals surface area contributed by atoms with Crippen LogP contribution in [-0.4, -0.2) is 18.3 Å². The third-order valence-electron chi connectivity index (χ3n) is 3.10. The zero-order valence-electron chi connectivity index (χ0n) is 9.04. The molecule has 0 radical (unpaired) electrons. The van der Waals surface area contributed by atoms with E-state index in [-0.39, 0.29) is 12.4 Å². The van der Waals surface area contributed by atoms with Crippen LogP contribution in [0.25, 0.3) is 0 Å². The Kier molecular flexibility index (Phi) is 4.24. The fourth-order valence-corrected chi connectivity index (χ4v) is 1.96. The van der Waals surface area contributed by atoms with E-state index in [1.54, 1.807) is 18.2 Å². The third-order valence-corrected chi connectivity index (χ3v) is 3.10. The van der Waals surface area contributed by atoms with Gasteiger partial charge in [-0.1, -0.05) is 25.1 Å². The average molecular weight is 211 g/mol. The first-order valence-electron chi connectivity index (χ1n) is 5.26. The van der Waals surface area contributed by atoms with Crippen LogP contribution in [0.3, 0.4) is 0 Å². The smallest absolute Gasteiger partial charge is 0.127 e. The number of hydrogen-bond acceptors (Lipinski definition) is 2. The lowest BCUT2D eigenvalue weighted by Gasteiger charge is -2.31. The topological polar surface area (TPSA) is 46.2 Å². The molecule has 0 fully saturated rings. The fraction of sp³-hybridized carbons (Fsp3) is 0.500. The largest absolute Gasteiger partial charge is 0.396 e. The highest BCUT2D eigenvalue weighted by molar-refractivity contribution is 5.27. The molecule has 0 bridgehead atoms. The Morgan fingerprint density at radius 3 is 2.53 bits per heavy atom. The summed E-state index contributed by atoms with van der Waals surface area (Å²) < 4.78 is 13.6. The van der Waals surface area contributed by atoms with Gasteiger partial charge >= 0.3 is 0 Å². The lowest BCUT2D eigenvalue weighted by molar-refractivity contribution is 0.231. The summed E-state index contributed by atoms with van der Waals surface area (Å²) in [5.74, 6) is -0.238. The first kappa shape index (κ1) is 12.1. The minimum absolute atomic E-state index is 0.0272. The first-order valence-corrected chi connectivity index (χ1v) is 5.26. The van der Waals surface area contributed by atoms with Crippen molar-refractivity contribution < 1.29 is 9.50 Å². The van der Waals surface area contributed by atoms with Crippen LogP contribution in [0.4, 0.5) is 4.39 Å². The number of rotatable bonds is 5. The van der Waals surface area contributed by atoms with Crippen LogP contribution in [0, 0.1) is 5.82 Å². The summed E-state index contributed by atoms with van der Waals surface area (Å²) in [6, 6.07) is 6.65. The Labute approximate surface area is 89.9 Å². The van der Waals surface area contributed by atoms with Crippen molar-refractivity contribution in [2.45, 2.75) is 25.2 Å². The van der Waals surface area contributed by atoms with E-state index < -0.39 is 5.41 Å². The highest BCUT2D eigenvalue weighted by atomic mass is 19.1. The van der Waals surface area contributed by atoms with Gasteiger partial charge in [-0.15, -0.1) is 0 Å². The van der Waals surface area contributed by atoms with Crippen LogP contribution < -0.4 is 5.73 Å². The van der Waals surface area contributed by atoms with E-state index in [9.17, 15) is 4.39 Å². The van der Waals surface area contributed by atoms with Crippen molar-refractivity contribution in [2.24, 2.45) is 5.73 Å². The van der Waals surface area contributed by atoms with Crippen LogP contribution in [0.5, 0.6) is 0 Å². The van der Waals surface area contributed by atoms with Crippen molar-refractivity contribution in [1.82, 2.24) is 0 Å². The zero-order valence-corrected chi connectivity index (χ0v) is 9.04. The van der Waals surface area contributed by atoms with Gasteiger partial charge < -0.3 is 10.8 Å². The van der Waals surface area contributed by atoms with Gasteiger partial charge in [0.25, 0.3) is 0 Å². The molecular formula is C12H18FNO. The maximum Gasteiger partial charge on any atom is 0.127 e. The quantitative estimate of drug-likeness (QED) is 0.780. The second kappa shape index (κ2) is 5.24. The maximum absolute atomic E-state index is 13.6. The van der Waals surface area contributed by atoms with Gasteiger partial charge in [-0.2, -0.15) is 0 Å². The summed E-state index contributed by atoms with van der Waals surface area (Å²) >= 11 is 0. The maximum atomic E-state index is 13.6. The van der Waals surface area contributed by atoms with Crippen molar-refractivity contribution in [1.29, 1.82) is 0 Å². The molecule has 1 rings (SSSR count). The van der Waals surface area contributed by atoms with Gasteiger partial charge in [0.05, 0.1) is 0 Å². The molecule has 0 aliphatic heterocycles. The van der Waals surface area contributed by atoms with Crippen LogP contribution in [0.15, 0.2) is 24.3 Å². The Morgan fingerprint density at radius 1 is 1.40 bits per heavy atom. The van der Waals surface area contributed by atoms with Gasteiger partial charge in [-0.05, 0) is 24.5 Å². The minimum atomic E-state index is -0.430. The molecule has 1 aromatic rings. The highest BCUT2D eigenvalue weighted by Crippen LogP contribution is 2.32. The minimum Gasteiger partial charge on any atom is -0.396 e. The SMILES string of the molecule is CCC(CN)(CCO)c1ccccc1F. The first-order chi connectivity index (χ1) is 7.20. The normalized spacial score (nSPS) is 14.9. The molecule has 3 N–H and O–H groups in total. The molecule has 0 spiro atoms. The molecule has 1 atom stereocenters. The van der Waals surface area contributed by atoms with Gasteiger partial charge in [0.1, 0.15) is 5.82 Å². The van der Waals surface area contributed by atoms with Crippen LogP contribution in [-0.2, 0) is 5.41 Å². The fourth-order valence-electron chi connectivity index (χ4n) is 1.96. The van der Waals surface area contributed by atoms with Crippen molar-refractivity contribution in [3.05, 3.63) is 35.6 Å². The van der Waals surface area contributed by atoms with E-state index in [2.05, 4.69) is 0 Å². The lowest BCUT2D eigenvalue weighted by atomic mass is 9.75. The van der Waals surface area contributed by atoms with E-state index >= 15 is 0 Å². The predicted molar refractivity (Wildman–Crippen MR) is 59.1 cm³/mol. The van der Waals surface area contributed by atoms with E-state index in [0.29, 0.717) is 18.5 Å². The van der Waals surface area contributed by atoms with E-state index in [4.69, 9.17) is 10.8 Å². The molecule has 84 valence electrons. The molecule has 2 nitrogen and oxygen atoms in total. The summed E-state index contributed by atoms with van der Waals surface area (Å²) in [5.41, 5.74) is 5.91. The molecular weight excluding hydrogens is 193 g/mol. The molecule has 3 heteroatoms. The van der Waals surface area contributed by atoms with Crippen LogP contribution >= 0.6 is 0 Å². The second-order valence-corrected chi connectivity index (χ2v) is 3.79. The highest BCUT2D eigenvalue weighted by Gasteiger charge is 2.30. The molecule has 15 heavy (non-hydrogen) atoms. The van der Waals surface area contributed by atoms with Gasteiger partial charge in [-0.3, -0.25) is 0 Å². The van der Waals surface area contributed by atoms with Gasteiger partial charge in [0, 0.05) is 18.6 Å². The van der Waals surface area contributed by atoms with Crippen LogP contribution in [0.2, 0.25) is 0 Å².